The number of rotatable bonds is 4. The van der Waals surface area contributed by atoms with E-state index in [0.717, 1.165) is 68.2 Å². The van der Waals surface area contributed by atoms with Crippen molar-refractivity contribution in [1.82, 2.24) is 10.2 Å². The maximum Gasteiger partial charge on any atom is 0.248 e. The first-order valence-corrected chi connectivity index (χ1v) is 14.7. The Kier molecular flexibility index (Phi) is 5.67. The number of fused-ring (bicyclic) bond motifs is 4. The van der Waals surface area contributed by atoms with Gasteiger partial charge in [-0.3, -0.25) is 0 Å². The molecule has 0 radical (unpaired) electrons. The quantitative estimate of drug-likeness (QED) is 0.204. The van der Waals surface area contributed by atoms with E-state index in [1.807, 2.05) is 97.1 Å². The third kappa shape index (κ3) is 4.21. The van der Waals surface area contributed by atoms with Crippen LogP contribution >= 0.6 is 0 Å². The van der Waals surface area contributed by atoms with Crippen LogP contribution in [-0.2, 0) is 0 Å². The van der Waals surface area contributed by atoms with E-state index in [9.17, 15) is 0 Å². The van der Waals surface area contributed by atoms with Crippen molar-refractivity contribution in [2.45, 2.75) is 0 Å². The molecular weight excluding hydrogens is 560 g/mol. The van der Waals surface area contributed by atoms with E-state index < -0.39 is 0 Å². The monoisotopic (exact) mass is 584 g/mol. The summed E-state index contributed by atoms with van der Waals surface area (Å²) >= 11 is 0. The molecule has 0 N–H and O–H groups in total. The van der Waals surface area contributed by atoms with Crippen LogP contribution in [0.25, 0.3) is 22.9 Å². The molecule has 0 bridgehead atoms. The fourth-order valence-corrected chi connectivity index (χ4v) is 5.93. The number of hydrogen-bond acceptors (Lipinski definition) is 7. The third-order valence-electron chi connectivity index (χ3n) is 8.03. The molecule has 0 saturated heterocycles. The lowest BCUT2D eigenvalue weighted by Gasteiger charge is -2.32. The van der Waals surface area contributed by atoms with E-state index in [1.54, 1.807) is 0 Å². The van der Waals surface area contributed by atoms with Crippen LogP contribution in [0.2, 0.25) is 0 Å². The van der Waals surface area contributed by atoms with Crippen molar-refractivity contribution in [2.75, 3.05) is 9.80 Å². The molecule has 45 heavy (non-hydrogen) atoms. The Bertz CT molecular complexity index is 1950. The molecular formula is C38H24N4O3. The molecule has 0 spiro atoms. The Balaban J connectivity index is 1.00. The highest BCUT2D eigenvalue weighted by Gasteiger charge is 2.27. The van der Waals surface area contributed by atoms with Crippen molar-refractivity contribution in [3.63, 3.8) is 0 Å². The molecule has 214 valence electrons. The highest BCUT2D eigenvalue weighted by atomic mass is 16.5. The number of para-hydroxylation sites is 8. The Hall–Kier alpha value is -6.34. The highest BCUT2D eigenvalue weighted by Crippen LogP contribution is 2.51. The van der Waals surface area contributed by atoms with Crippen molar-refractivity contribution >= 4 is 34.1 Å². The van der Waals surface area contributed by atoms with Crippen LogP contribution in [0.3, 0.4) is 0 Å². The molecule has 2 aliphatic heterocycles. The smallest absolute Gasteiger partial charge is 0.248 e. The molecule has 0 unspecified atom stereocenters. The lowest BCUT2D eigenvalue weighted by atomic mass is 10.1. The minimum atomic E-state index is 0.458. The van der Waals surface area contributed by atoms with Crippen LogP contribution in [0.5, 0.6) is 23.0 Å². The minimum Gasteiger partial charge on any atom is -0.453 e. The fourth-order valence-electron chi connectivity index (χ4n) is 5.93. The Morgan fingerprint density at radius 3 is 1.00 bits per heavy atom. The van der Waals surface area contributed by atoms with Crippen molar-refractivity contribution in [3.8, 4) is 45.9 Å². The van der Waals surface area contributed by atoms with Gasteiger partial charge >= 0.3 is 0 Å². The van der Waals surface area contributed by atoms with E-state index in [-0.39, 0.29) is 0 Å². The van der Waals surface area contributed by atoms with Gasteiger partial charge in [0, 0.05) is 22.5 Å². The van der Waals surface area contributed by atoms with Gasteiger partial charge in [0.05, 0.1) is 22.7 Å². The number of aromatic nitrogens is 2. The largest absolute Gasteiger partial charge is 0.453 e. The zero-order valence-electron chi connectivity index (χ0n) is 23.9. The van der Waals surface area contributed by atoms with Gasteiger partial charge in [-0.2, -0.15) is 0 Å². The Morgan fingerprint density at radius 1 is 0.356 bits per heavy atom. The standard InChI is InChI=1S/C38H24N4O3/c1-5-13-33-29(9-1)41(30-10-2-6-14-34(30)43-33)27-21-17-25(18-22-27)37-39-40-38(45-37)26-19-23-28(24-20-26)42-31-11-3-7-15-35(31)44-36-16-8-4-12-32(36)42/h1-24H. The van der Waals surface area contributed by atoms with Crippen molar-refractivity contribution in [1.29, 1.82) is 0 Å². The molecule has 0 saturated carbocycles. The number of nitrogens with zero attached hydrogens (tertiary/aromatic N) is 4. The first-order valence-electron chi connectivity index (χ1n) is 14.7. The molecule has 6 aromatic carbocycles. The second-order valence-electron chi connectivity index (χ2n) is 10.8. The topological polar surface area (TPSA) is 63.9 Å². The maximum absolute atomic E-state index is 6.16. The summed E-state index contributed by atoms with van der Waals surface area (Å²) in [6.45, 7) is 0. The molecule has 0 fully saturated rings. The second-order valence-corrected chi connectivity index (χ2v) is 10.8. The fraction of sp³-hybridized carbons (Fsp3) is 0. The van der Waals surface area contributed by atoms with Gasteiger partial charge in [0.1, 0.15) is 0 Å². The summed E-state index contributed by atoms with van der Waals surface area (Å²) in [5.74, 6) is 4.17. The number of ether oxygens (including phenoxy) is 2. The molecule has 7 nitrogen and oxygen atoms in total. The lowest BCUT2D eigenvalue weighted by Crippen LogP contribution is -2.15. The molecule has 0 atom stereocenters. The van der Waals surface area contributed by atoms with Crippen molar-refractivity contribution < 1.29 is 13.9 Å². The average molecular weight is 585 g/mol. The van der Waals surface area contributed by atoms with Gasteiger partial charge < -0.3 is 23.7 Å². The molecule has 7 heteroatoms. The van der Waals surface area contributed by atoms with Crippen molar-refractivity contribution in [3.05, 3.63) is 146 Å². The molecule has 1 aromatic heterocycles. The normalized spacial score (nSPS) is 12.7. The van der Waals surface area contributed by atoms with Crippen LogP contribution in [0.15, 0.2) is 150 Å². The molecule has 3 heterocycles. The van der Waals surface area contributed by atoms with Crippen LogP contribution in [0, 0.1) is 0 Å². The summed E-state index contributed by atoms with van der Waals surface area (Å²) in [5, 5.41) is 8.74. The van der Waals surface area contributed by atoms with E-state index in [4.69, 9.17) is 13.9 Å². The summed E-state index contributed by atoms with van der Waals surface area (Å²) in [6.07, 6.45) is 0. The number of benzene rings is 6. The van der Waals surface area contributed by atoms with Gasteiger partial charge in [0.2, 0.25) is 11.8 Å². The van der Waals surface area contributed by atoms with E-state index in [1.165, 1.54) is 0 Å². The van der Waals surface area contributed by atoms with Gasteiger partial charge in [0.15, 0.2) is 23.0 Å². The van der Waals surface area contributed by atoms with Gasteiger partial charge in [-0.1, -0.05) is 48.5 Å². The predicted octanol–water partition coefficient (Wildman–Crippen LogP) is 10.6. The zero-order valence-corrected chi connectivity index (χ0v) is 23.9. The molecule has 0 aliphatic carbocycles. The van der Waals surface area contributed by atoms with Gasteiger partial charge in [-0.25, -0.2) is 0 Å². The van der Waals surface area contributed by atoms with Crippen LogP contribution in [0.1, 0.15) is 0 Å². The van der Waals surface area contributed by atoms with Crippen LogP contribution in [-0.4, -0.2) is 10.2 Å². The lowest BCUT2D eigenvalue weighted by molar-refractivity contribution is 0.477. The van der Waals surface area contributed by atoms with E-state index in [0.29, 0.717) is 11.8 Å². The first-order chi connectivity index (χ1) is 22.3. The van der Waals surface area contributed by atoms with E-state index >= 15 is 0 Å². The van der Waals surface area contributed by atoms with Crippen LogP contribution in [0.4, 0.5) is 34.1 Å². The van der Waals surface area contributed by atoms with Crippen LogP contribution < -0.4 is 19.3 Å². The number of hydrogen-bond donors (Lipinski definition) is 0. The first kappa shape index (κ1) is 25.2. The average Bonchev–Trinajstić information content (AvgIpc) is 3.60. The summed E-state index contributed by atoms with van der Waals surface area (Å²) in [6, 6.07) is 48.4. The summed E-state index contributed by atoms with van der Waals surface area (Å²) in [4.78, 5) is 4.40. The Morgan fingerprint density at radius 2 is 0.667 bits per heavy atom. The van der Waals surface area contributed by atoms with Gasteiger partial charge in [-0.05, 0) is 97.1 Å². The SMILES string of the molecule is c1ccc2c(c1)Oc1ccccc1N2c1ccc(-c2nnc(-c3ccc(N4c5ccccc5Oc5ccccc54)cc3)o2)cc1. The number of anilines is 6. The predicted molar refractivity (Wildman–Crippen MR) is 175 cm³/mol. The summed E-state index contributed by atoms with van der Waals surface area (Å²) in [5.41, 5.74) is 7.61. The third-order valence-corrected chi connectivity index (χ3v) is 8.03. The maximum atomic E-state index is 6.16. The highest BCUT2D eigenvalue weighted by molar-refractivity contribution is 5.88. The molecule has 7 aromatic rings. The molecule has 9 rings (SSSR count). The van der Waals surface area contributed by atoms with Gasteiger partial charge in [0.25, 0.3) is 0 Å². The second kappa shape index (κ2) is 10.1. The van der Waals surface area contributed by atoms with Crippen molar-refractivity contribution in [2.24, 2.45) is 0 Å². The molecule has 2 aliphatic rings. The Labute approximate surface area is 259 Å². The molecule has 0 amide bonds. The minimum absolute atomic E-state index is 0.458. The summed E-state index contributed by atoms with van der Waals surface area (Å²) < 4.78 is 18.5. The van der Waals surface area contributed by atoms with Gasteiger partial charge in [-0.15, -0.1) is 10.2 Å². The summed E-state index contributed by atoms with van der Waals surface area (Å²) in [7, 11) is 0. The zero-order chi connectivity index (χ0) is 29.7. The van der Waals surface area contributed by atoms with E-state index in [2.05, 4.69) is 68.5 Å².